The molecule has 24 heavy (non-hydrogen) atoms. The molecule has 3 rings (SSSR count). The summed E-state index contributed by atoms with van der Waals surface area (Å²) in [5.74, 6) is 0.600. The van der Waals surface area contributed by atoms with E-state index in [1.165, 1.54) is 12.2 Å². The van der Waals surface area contributed by atoms with Crippen molar-refractivity contribution in [3.63, 3.8) is 0 Å². The Balaban J connectivity index is 1.62. The lowest BCUT2D eigenvalue weighted by Crippen LogP contribution is -2.46. The Bertz CT molecular complexity index is 709. The number of fused-ring (bicyclic) bond motifs is 1. The minimum atomic E-state index is -0.418. The molecule has 0 radical (unpaired) electrons. The number of hydrogen-bond donors (Lipinski definition) is 1. The number of para-hydroxylation sites is 2. The maximum atomic E-state index is 12.5. The lowest BCUT2D eigenvalue weighted by molar-refractivity contribution is -0.175. The molecule has 1 aromatic heterocycles. The third-order valence-corrected chi connectivity index (χ3v) is 4.46. The van der Waals surface area contributed by atoms with Gasteiger partial charge in [-0.05, 0) is 25.0 Å². The van der Waals surface area contributed by atoms with Gasteiger partial charge in [0.05, 0.1) is 18.1 Å². The van der Waals surface area contributed by atoms with E-state index in [4.69, 9.17) is 4.84 Å². The minimum absolute atomic E-state index is 0.0178. The zero-order valence-electron chi connectivity index (χ0n) is 14.0. The van der Waals surface area contributed by atoms with E-state index in [-0.39, 0.29) is 11.8 Å². The van der Waals surface area contributed by atoms with Gasteiger partial charge in [-0.15, -0.1) is 0 Å². The third kappa shape index (κ3) is 3.26. The Kier molecular flexibility index (Phi) is 4.80. The highest BCUT2D eigenvalue weighted by molar-refractivity contribution is 5.87. The highest BCUT2D eigenvalue weighted by Crippen LogP contribution is 2.21. The van der Waals surface area contributed by atoms with Gasteiger partial charge in [-0.2, -0.15) is 0 Å². The van der Waals surface area contributed by atoms with Crippen LogP contribution in [0.4, 0.5) is 0 Å². The van der Waals surface area contributed by atoms with Crippen molar-refractivity contribution in [3.8, 4) is 0 Å². The number of H-pyrrole nitrogens is 1. The highest BCUT2D eigenvalue weighted by Gasteiger charge is 2.35. The van der Waals surface area contributed by atoms with Gasteiger partial charge in [0, 0.05) is 26.4 Å². The van der Waals surface area contributed by atoms with Crippen LogP contribution in [0.3, 0.4) is 0 Å². The van der Waals surface area contributed by atoms with Crippen molar-refractivity contribution in [2.75, 3.05) is 20.7 Å². The van der Waals surface area contributed by atoms with Crippen LogP contribution in [0.5, 0.6) is 0 Å². The molecular formula is C17H22N4O3. The summed E-state index contributed by atoms with van der Waals surface area (Å²) < 4.78 is 0. The quantitative estimate of drug-likeness (QED) is 0.843. The predicted octanol–water partition coefficient (Wildman–Crippen LogP) is 1.51. The van der Waals surface area contributed by atoms with E-state index in [0.717, 1.165) is 23.3 Å². The molecule has 1 N–H and O–H groups in total. The summed E-state index contributed by atoms with van der Waals surface area (Å²) in [6.07, 6.45) is 2.39. The monoisotopic (exact) mass is 330 g/mol. The molecule has 0 saturated carbocycles. The molecule has 2 amide bonds. The number of likely N-dealkylation sites (tertiary alicyclic amines) is 1. The second-order valence-corrected chi connectivity index (χ2v) is 5.96. The molecular weight excluding hydrogens is 308 g/mol. The number of nitrogens with one attached hydrogen (secondary N) is 1. The van der Waals surface area contributed by atoms with Crippen LogP contribution in [0.2, 0.25) is 0 Å². The maximum Gasteiger partial charge on any atom is 0.268 e. The van der Waals surface area contributed by atoms with Gasteiger partial charge in [0.15, 0.2) is 0 Å². The normalized spacial score (nSPS) is 17.4. The molecule has 2 aromatic rings. The molecule has 128 valence electrons. The molecule has 1 aliphatic heterocycles. The Morgan fingerprint density at radius 3 is 2.96 bits per heavy atom. The molecule has 0 spiro atoms. The van der Waals surface area contributed by atoms with Crippen LogP contribution in [-0.4, -0.2) is 58.5 Å². The van der Waals surface area contributed by atoms with Gasteiger partial charge < -0.3 is 9.88 Å². The standard InChI is InChI=1S/C17H22N4O3/c1-20(24-2)17(23)14-8-5-11-21(14)16(22)10-9-15-18-12-6-3-4-7-13(12)19-15/h3-4,6-7,14H,5,8-11H2,1-2H3,(H,18,19)/t14-/m0/s1. The van der Waals surface area contributed by atoms with Gasteiger partial charge in [-0.3, -0.25) is 14.4 Å². The van der Waals surface area contributed by atoms with Gasteiger partial charge >= 0.3 is 0 Å². The molecule has 0 unspecified atom stereocenters. The molecule has 1 aliphatic rings. The molecule has 1 aromatic carbocycles. The number of aromatic nitrogens is 2. The summed E-state index contributed by atoms with van der Waals surface area (Å²) in [6.45, 7) is 0.618. The molecule has 7 nitrogen and oxygen atoms in total. The second kappa shape index (κ2) is 7.00. The number of carbonyl (C=O) groups excluding carboxylic acids is 2. The summed E-state index contributed by atoms with van der Waals surface area (Å²) in [4.78, 5) is 39.1. The number of aromatic amines is 1. The van der Waals surface area contributed by atoms with Crippen molar-refractivity contribution in [2.24, 2.45) is 0 Å². The Hall–Kier alpha value is -2.41. The smallest absolute Gasteiger partial charge is 0.268 e. The largest absolute Gasteiger partial charge is 0.342 e. The summed E-state index contributed by atoms with van der Waals surface area (Å²) in [7, 11) is 3.01. The van der Waals surface area contributed by atoms with Crippen LogP contribution in [0.15, 0.2) is 24.3 Å². The topological polar surface area (TPSA) is 78.5 Å². The van der Waals surface area contributed by atoms with Crippen LogP contribution in [0.1, 0.15) is 25.1 Å². The van der Waals surface area contributed by atoms with Gasteiger partial charge in [0.1, 0.15) is 11.9 Å². The van der Waals surface area contributed by atoms with Gasteiger partial charge in [0.25, 0.3) is 5.91 Å². The van der Waals surface area contributed by atoms with Crippen LogP contribution in [0, 0.1) is 0 Å². The van der Waals surface area contributed by atoms with Crippen molar-refractivity contribution >= 4 is 22.8 Å². The number of aryl methyl sites for hydroxylation is 1. The van der Waals surface area contributed by atoms with Gasteiger partial charge in [0.2, 0.25) is 5.91 Å². The third-order valence-electron chi connectivity index (χ3n) is 4.46. The number of imidazole rings is 1. The number of hydroxylamine groups is 2. The fourth-order valence-corrected chi connectivity index (χ4v) is 3.11. The van der Waals surface area contributed by atoms with Crippen molar-refractivity contribution in [1.29, 1.82) is 0 Å². The van der Waals surface area contributed by atoms with E-state index >= 15 is 0 Å². The molecule has 7 heteroatoms. The summed E-state index contributed by atoms with van der Waals surface area (Å²) in [6, 6.07) is 7.36. The lowest BCUT2D eigenvalue weighted by atomic mass is 10.2. The number of amides is 2. The Morgan fingerprint density at radius 2 is 2.21 bits per heavy atom. The lowest BCUT2D eigenvalue weighted by Gasteiger charge is -2.26. The summed E-state index contributed by atoms with van der Waals surface area (Å²) >= 11 is 0. The van der Waals surface area contributed by atoms with E-state index in [2.05, 4.69) is 9.97 Å². The van der Waals surface area contributed by atoms with E-state index in [1.54, 1.807) is 11.9 Å². The molecule has 0 aliphatic carbocycles. The first kappa shape index (κ1) is 16.4. The summed E-state index contributed by atoms with van der Waals surface area (Å²) in [5, 5.41) is 1.19. The SMILES string of the molecule is CON(C)C(=O)[C@@H]1CCCN1C(=O)CCc1nc2ccccc2[nH]1. The fourth-order valence-electron chi connectivity index (χ4n) is 3.11. The van der Waals surface area contributed by atoms with E-state index in [9.17, 15) is 9.59 Å². The minimum Gasteiger partial charge on any atom is -0.342 e. The average molecular weight is 330 g/mol. The number of carbonyl (C=O) groups is 2. The zero-order valence-corrected chi connectivity index (χ0v) is 14.0. The van der Waals surface area contributed by atoms with Crippen molar-refractivity contribution in [2.45, 2.75) is 31.7 Å². The number of likely N-dealkylation sites (N-methyl/N-ethyl adjacent to an activating group) is 1. The highest BCUT2D eigenvalue weighted by atomic mass is 16.7. The fraction of sp³-hybridized carbons (Fsp3) is 0.471. The molecule has 1 saturated heterocycles. The molecule has 0 bridgehead atoms. The zero-order chi connectivity index (χ0) is 17.1. The number of hydrogen-bond acceptors (Lipinski definition) is 4. The number of nitrogens with zero attached hydrogens (tertiary/aromatic N) is 3. The van der Waals surface area contributed by atoms with Gasteiger partial charge in [-0.25, -0.2) is 10.0 Å². The molecule has 1 fully saturated rings. The van der Waals surface area contributed by atoms with E-state index < -0.39 is 6.04 Å². The van der Waals surface area contributed by atoms with Crippen molar-refractivity contribution in [3.05, 3.63) is 30.1 Å². The van der Waals surface area contributed by atoms with Crippen molar-refractivity contribution < 1.29 is 14.4 Å². The molecule has 2 heterocycles. The predicted molar refractivity (Wildman–Crippen MR) is 88.9 cm³/mol. The van der Waals surface area contributed by atoms with Crippen LogP contribution in [-0.2, 0) is 20.8 Å². The van der Waals surface area contributed by atoms with E-state index in [0.29, 0.717) is 25.8 Å². The molecule has 1 atom stereocenters. The second-order valence-electron chi connectivity index (χ2n) is 5.96. The first-order chi connectivity index (χ1) is 11.6. The first-order valence-electron chi connectivity index (χ1n) is 8.15. The van der Waals surface area contributed by atoms with Crippen LogP contribution >= 0.6 is 0 Å². The number of benzene rings is 1. The average Bonchev–Trinajstić information content (AvgIpc) is 3.24. The first-order valence-corrected chi connectivity index (χ1v) is 8.15. The Morgan fingerprint density at radius 1 is 1.42 bits per heavy atom. The van der Waals surface area contributed by atoms with Crippen LogP contribution < -0.4 is 0 Å². The van der Waals surface area contributed by atoms with Crippen molar-refractivity contribution in [1.82, 2.24) is 19.9 Å². The number of rotatable bonds is 5. The Labute approximate surface area is 140 Å². The summed E-state index contributed by atoms with van der Waals surface area (Å²) in [5.41, 5.74) is 1.87. The van der Waals surface area contributed by atoms with E-state index in [1.807, 2.05) is 24.3 Å². The van der Waals surface area contributed by atoms with Gasteiger partial charge in [-0.1, -0.05) is 12.1 Å². The maximum absolute atomic E-state index is 12.5. The van der Waals surface area contributed by atoms with Crippen LogP contribution in [0.25, 0.3) is 11.0 Å².